The van der Waals surface area contributed by atoms with E-state index in [0.717, 1.165) is 200 Å². The van der Waals surface area contributed by atoms with Crippen LogP contribution in [0.2, 0.25) is 0 Å². The zero-order valence-electron chi connectivity index (χ0n) is 68.7. The smallest absolute Gasteiger partial charge is 0.225 e. The standard InChI is InChI=1S/C36H39N3O3.C30H34BrN3O3.C30H35N3O3.CH4O/c1-40-34(41-2)21-26-17-19-39(20-18-26)36-37-23-30(24-38-36)35-32(28-11-7-4-8-12-28)15-13-29-22-31(14-16-33(29)35)42-25-27-9-5-3-6-10-27;1-35-28(36-2)16-21-12-14-34(15-13-21)30-32-18-24(19-33-30)29-26-10-9-25(17-23(26)8-11-27(29)31)37-20-22-6-4-3-5-7-22;1-34-29(35-2)17-22-13-15-33(16-14-22)30-31-19-25(20-32-30)27-10-6-9-24-18-26(11-12-28(24)27)36-21-23-7-4-3-5-8-23;1-2/h3-12,14,16,22-24,26,34H,13,15,17-21,25H2,1-2H3;3-7,9-10,17-19,21,28H,8,11-16,20H2,1-2H3;3-5,7-8,10-12,18-20,22,29H,6,9,13-17,21H2,1-2H3;2H,1H3. The number of nitrogens with zero attached hydrogens (tertiary/aromatic N) is 9. The van der Waals surface area contributed by atoms with Crippen molar-refractivity contribution in [3.05, 3.63) is 296 Å². The van der Waals surface area contributed by atoms with Gasteiger partial charge in [-0.1, -0.05) is 162 Å². The fraction of sp³-hybridized carbons (Fsp3) is 0.381. The maximum absolute atomic E-state index is 7.00. The minimum absolute atomic E-state index is 0.116. The lowest BCUT2D eigenvalue weighted by molar-refractivity contribution is -0.115. The Balaban J connectivity index is 0.000000151. The van der Waals surface area contributed by atoms with Gasteiger partial charge in [0.25, 0.3) is 0 Å². The van der Waals surface area contributed by atoms with Crippen LogP contribution in [0.15, 0.2) is 224 Å². The van der Waals surface area contributed by atoms with Gasteiger partial charge in [0.2, 0.25) is 17.8 Å². The maximum Gasteiger partial charge on any atom is 0.225 e. The summed E-state index contributed by atoms with van der Waals surface area (Å²) in [6.07, 6.45) is 29.0. The Morgan fingerprint density at radius 3 is 1.06 bits per heavy atom. The second kappa shape index (κ2) is 43.5. The number of ether oxygens (including phenoxy) is 9. The third kappa shape index (κ3) is 22.8. The van der Waals surface area contributed by atoms with Crippen molar-refractivity contribution < 1.29 is 47.7 Å². The van der Waals surface area contributed by atoms with Gasteiger partial charge in [-0.2, -0.15) is 0 Å². The van der Waals surface area contributed by atoms with Gasteiger partial charge in [0.15, 0.2) is 18.9 Å². The number of piperidine rings is 3. The molecular formula is C97H112BrN9O10. The number of aliphatic hydroxyl groups excluding tert-OH is 1. The van der Waals surface area contributed by atoms with Gasteiger partial charge < -0.3 is 62.4 Å². The maximum atomic E-state index is 7.00. The Hall–Kier alpha value is -10.0. The van der Waals surface area contributed by atoms with Crippen LogP contribution >= 0.6 is 15.9 Å². The van der Waals surface area contributed by atoms with Crippen molar-refractivity contribution in [3.63, 3.8) is 0 Å². The number of allylic oxidation sites excluding steroid dienone is 3. The first kappa shape index (κ1) is 84.9. The molecule has 16 rings (SSSR count). The van der Waals surface area contributed by atoms with E-state index in [2.05, 4.69) is 158 Å². The summed E-state index contributed by atoms with van der Waals surface area (Å²) in [5, 5.41) is 7.00. The predicted octanol–water partition coefficient (Wildman–Crippen LogP) is 18.8. The molecule has 0 saturated carbocycles. The Morgan fingerprint density at radius 1 is 0.359 bits per heavy atom. The number of fused-ring (bicyclic) bond motifs is 3. The lowest BCUT2D eigenvalue weighted by Crippen LogP contribution is -2.36. The SMILES string of the molecule is CO.COC(CC1CCN(c2ncc(C3=C(Br)CCc4cc(OCc5ccccc5)ccc43)cn2)CC1)OC.COC(CC1CCN(c2ncc(C3=C(c4ccccc4)CCc4cc(OCc5ccccc5)ccc43)cn2)CC1)OC.COC(CC1CCN(c2ncc(C3=CCCc4cc(OCc5ccccc5)ccc43)cn2)CC1)OC. The van der Waals surface area contributed by atoms with E-state index in [4.69, 9.17) is 77.6 Å². The number of halogens is 1. The van der Waals surface area contributed by atoms with Crippen LogP contribution in [-0.4, -0.2) is 143 Å². The van der Waals surface area contributed by atoms with Gasteiger partial charge in [0.05, 0.1) is 0 Å². The Bertz CT molecular complexity index is 4800. The van der Waals surface area contributed by atoms with Crippen LogP contribution < -0.4 is 28.9 Å². The molecule has 0 unspecified atom stereocenters. The van der Waals surface area contributed by atoms with Crippen molar-refractivity contribution in [1.29, 1.82) is 0 Å². The molecule has 3 aliphatic carbocycles. The number of aromatic nitrogens is 6. The number of hydrogen-bond donors (Lipinski definition) is 1. The lowest BCUT2D eigenvalue weighted by atomic mass is 9.80. The van der Waals surface area contributed by atoms with E-state index in [1.807, 2.05) is 91.8 Å². The van der Waals surface area contributed by atoms with Crippen LogP contribution in [-0.2, 0) is 67.5 Å². The van der Waals surface area contributed by atoms with E-state index in [9.17, 15) is 0 Å². The molecule has 6 heterocycles. The average Bonchev–Trinajstić information content (AvgIpc) is 0.771. The molecule has 3 aromatic heterocycles. The quantitative estimate of drug-likeness (QED) is 0.0455. The van der Waals surface area contributed by atoms with Crippen LogP contribution in [0.3, 0.4) is 0 Å². The highest BCUT2D eigenvalue weighted by atomic mass is 79.9. The van der Waals surface area contributed by atoms with Gasteiger partial charge in [-0.15, -0.1) is 0 Å². The molecule has 7 aromatic carbocycles. The minimum Gasteiger partial charge on any atom is -0.489 e. The van der Waals surface area contributed by atoms with Crippen LogP contribution in [0.5, 0.6) is 17.2 Å². The van der Waals surface area contributed by atoms with Crippen molar-refractivity contribution in [2.75, 3.05) is 104 Å². The first-order valence-corrected chi connectivity index (χ1v) is 42.0. The van der Waals surface area contributed by atoms with E-state index in [1.54, 1.807) is 42.7 Å². The van der Waals surface area contributed by atoms with E-state index < -0.39 is 0 Å². The van der Waals surface area contributed by atoms with Crippen LogP contribution in [0.25, 0.3) is 22.3 Å². The number of hydrogen-bond acceptors (Lipinski definition) is 19. The summed E-state index contributed by atoms with van der Waals surface area (Å²) in [6, 6.07) is 60.9. The molecule has 3 fully saturated rings. The first-order valence-electron chi connectivity index (χ1n) is 41.2. The van der Waals surface area contributed by atoms with Gasteiger partial charge >= 0.3 is 0 Å². The summed E-state index contributed by atoms with van der Waals surface area (Å²) >= 11 is 3.84. The third-order valence-electron chi connectivity index (χ3n) is 23.2. The molecule has 0 atom stereocenters. The molecule has 3 saturated heterocycles. The molecule has 3 aliphatic heterocycles. The number of rotatable bonds is 28. The molecule has 0 amide bonds. The van der Waals surface area contributed by atoms with Crippen molar-refractivity contribution in [1.82, 2.24) is 29.9 Å². The van der Waals surface area contributed by atoms with E-state index in [0.29, 0.717) is 37.6 Å². The first-order chi connectivity index (χ1) is 57.6. The van der Waals surface area contributed by atoms with Gasteiger partial charge in [0.1, 0.15) is 37.1 Å². The molecule has 612 valence electrons. The van der Waals surface area contributed by atoms with Crippen molar-refractivity contribution in [2.24, 2.45) is 17.8 Å². The van der Waals surface area contributed by atoms with E-state index in [-0.39, 0.29) is 18.9 Å². The Kier molecular flexibility index (Phi) is 31.5. The fourth-order valence-corrected chi connectivity index (χ4v) is 17.2. The molecule has 0 bridgehead atoms. The second-order valence-corrected chi connectivity index (χ2v) is 31.4. The summed E-state index contributed by atoms with van der Waals surface area (Å²) in [5.41, 5.74) is 20.4. The van der Waals surface area contributed by atoms with E-state index >= 15 is 0 Å². The van der Waals surface area contributed by atoms with Gasteiger partial charge in [-0.05, 0) is 204 Å². The highest BCUT2D eigenvalue weighted by molar-refractivity contribution is 9.11. The Labute approximate surface area is 699 Å². The lowest BCUT2D eigenvalue weighted by Gasteiger charge is -2.33. The molecule has 1 N–H and O–H groups in total. The van der Waals surface area contributed by atoms with Crippen molar-refractivity contribution in [3.8, 4) is 17.2 Å². The normalized spacial score (nSPS) is 15.8. The van der Waals surface area contributed by atoms with Gasteiger partial charge in [0, 0.05) is 172 Å². The van der Waals surface area contributed by atoms with Gasteiger partial charge in [-0.3, -0.25) is 0 Å². The highest BCUT2D eigenvalue weighted by Gasteiger charge is 2.30. The summed E-state index contributed by atoms with van der Waals surface area (Å²) < 4.78 is 51.8. The zero-order valence-corrected chi connectivity index (χ0v) is 70.3. The second-order valence-electron chi connectivity index (χ2n) is 30.5. The molecule has 0 radical (unpaired) electrons. The Morgan fingerprint density at radius 2 is 0.684 bits per heavy atom. The minimum atomic E-state index is -0.131. The predicted molar refractivity (Wildman–Crippen MR) is 467 cm³/mol. The van der Waals surface area contributed by atoms with E-state index in [1.165, 1.54) is 76.8 Å². The average molecular weight is 1640 g/mol. The molecule has 20 heteroatoms. The zero-order chi connectivity index (χ0) is 81.1. The summed E-state index contributed by atoms with van der Waals surface area (Å²) in [6.45, 7) is 7.40. The molecule has 6 aliphatic rings. The number of anilines is 3. The highest BCUT2D eigenvalue weighted by Crippen LogP contribution is 2.44. The number of aliphatic hydroxyl groups is 1. The third-order valence-corrected chi connectivity index (χ3v) is 24.0. The monoisotopic (exact) mass is 1640 g/mol. The summed E-state index contributed by atoms with van der Waals surface area (Å²) in [5.74, 6) is 6.92. The number of aryl methyl sites for hydroxylation is 3. The van der Waals surface area contributed by atoms with Gasteiger partial charge in [-0.25, -0.2) is 29.9 Å². The van der Waals surface area contributed by atoms with Crippen LogP contribution in [0.1, 0.15) is 149 Å². The number of benzene rings is 7. The molecule has 0 spiro atoms. The number of methoxy groups -OCH3 is 6. The fourth-order valence-electron chi connectivity index (χ4n) is 16.6. The molecule has 117 heavy (non-hydrogen) atoms. The summed E-state index contributed by atoms with van der Waals surface area (Å²) in [7, 11) is 11.2. The largest absolute Gasteiger partial charge is 0.489 e. The van der Waals surface area contributed by atoms with Crippen LogP contribution in [0.4, 0.5) is 17.8 Å². The summed E-state index contributed by atoms with van der Waals surface area (Å²) in [4.78, 5) is 35.7. The van der Waals surface area contributed by atoms with Crippen molar-refractivity contribution in [2.45, 2.75) is 135 Å². The molecular weight excluding hydrogens is 1530 g/mol. The molecule has 19 nitrogen and oxygen atoms in total. The van der Waals surface area contributed by atoms with Crippen LogP contribution in [0, 0.1) is 17.8 Å². The topological polar surface area (TPSA) is 190 Å². The molecule has 10 aromatic rings. The van der Waals surface area contributed by atoms with Crippen molar-refractivity contribution >= 4 is 56.1 Å².